The third kappa shape index (κ3) is 7.25. The van der Waals surface area contributed by atoms with E-state index in [0.29, 0.717) is 5.84 Å². The third-order valence-electron chi connectivity index (χ3n) is 2.41. The van der Waals surface area contributed by atoms with Gasteiger partial charge in [-0.2, -0.15) is 4.99 Å². The van der Waals surface area contributed by atoms with Gasteiger partial charge in [-0.1, -0.05) is 85.7 Å². The normalized spacial score (nSPS) is 17.5. The molecule has 0 spiro atoms. The van der Waals surface area contributed by atoms with E-state index >= 15 is 0 Å². The molecule has 1 aliphatic heterocycles. The van der Waals surface area contributed by atoms with Crippen LogP contribution in [0.1, 0.15) is 67.9 Å². The van der Waals surface area contributed by atoms with Gasteiger partial charge in [0.15, 0.2) is 0 Å². The summed E-state index contributed by atoms with van der Waals surface area (Å²) in [5.74, 6) is 0.690. The molecule has 2 rings (SSSR count). The number of amidine groups is 1. The predicted molar refractivity (Wildman–Crippen MR) is 102 cm³/mol. The van der Waals surface area contributed by atoms with Crippen LogP contribution in [0.2, 0.25) is 0 Å². The second-order valence-corrected chi connectivity index (χ2v) is 3.41. The molecule has 128 valence electrons. The molecular weight excluding hydrogens is 272 g/mol. The zero-order valence-electron chi connectivity index (χ0n) is 15.9. The van der Waals surface area contributed by atoms with Crippen LogP contribution in [0.3, 0.4) is 0 Å². The van der Waals surface area contributed by atoms with E-state index in [4.69, 9.17) is 11.5 Å². The van der Waals surface area contributed by atoms with Crippen LogP contribution >= 0.6 is 0 Å². The van der Waals surface area contributed by atoms with Crippen molar-refractivity contribution in [2.45, 2.75) is 67.9 Å². The van der Waals surface area contributed by atoms with Gasteiger partial charge in [0, 0.05) is 0 Å². The van der Waals surface area contributed by atoms with Crippen molar-refractivity contribution in [1.82, 2.24) is 0 Å². The van der Waals surface area contributed by atoms with Crippen LogP contribution in [0.4, 0.5) is 0 Å². The molecule has 1 atom stereocenters. The van der Waals surface area contributed by atoms with E-state index in [1.807, 2.05) is 92.6 Å². The highest BCUT2D eigenvalue weighted by atomic mass is 15.2. The molecule has 0 aliphatic carbocycles. The molecule has 0 saturated heterocycles. The minimum absolute atomic E-state index is 0.244. The van der Waals surface area contributed by atoms with Gasteiger partial charge in [0.2, 0.25) is 5.96 Å². The van der Waals surface area contributed by atoms with Gasteiger partial charge >= 0.3 is 0 Å². The van der Waals surface area contributed by atoms with Gasteiger partial charge in [0.25, 0.3) is 0 Å². The van der Waals surface area contributed by atoms with E-state index in [1.54, 1.807) is 0 Å². The van der Waals surface area contributed by atoms with Gasteiger partial charge < -0.3 is 11.5 Å². The summed E-state index contributed by atoms with van der Waals surface area (Å²) in [4.78, 5) is 8.18. The summed E-state index contributed by atoms with van der Waals surface area (Å²) in [6.45, 7) is 17.9. The van der Waals surface area contributed by atoms with Crippen LogP contribution in [0.15, 0.2) is 40.3 Å². The molecule has 4 heteroatoms. The Labute approximate surface area is 137 Å². The third-order valence-corrected chi connectivity index (χ3v) is 2.41. The number of benzene rings is 1. The van der Waals surface area contributed by atoms with Gasteiger partial charge in [-0.3, -0.25) is 0 Å². The van der Waals surface area contributed by atoms with Crippen molar-refractivity contribution in [2.75, 3.05) is 0 Å². The second kappa shape index (κ2) is 15.5. The number of nitrogens with zero attached hydrogens (tertiary/aromatic N) is 2. The number of hydrogen-bond donors (Lipinski definition) is 2. The maximum atomic E-state index is 5.79. The average Bonchev–Trinajstić information content (AvgIpc) is 2.89. The Kier molecular flexibility index (Phi) is 17.8. The largest absolute Gasteiger partial charge is 0.385 e. The van der Waals surface area contributed by atoms with Gasteiger partial charge in [0.1, 0.15) is 11.4 Å². The van der Waals surface area contributed by atoms with Crippen molar-refractivity contribution in [3.8, 4) is 0 Å². The minimum atomic E-state index is -0.592. The number of guanidine groups is 1. The smallest absolute Gasteiger partial charge is 0.218 e. The van der Waals surface area contributed by atoms with Crippen molar-refractivity contribution in [3.05, 3.63) is 35.9 Å². The fourth-order valence-electron chi connectivity index (χ4n) is 1.52. The summed E-state index contributed by atoms with van der Waals surface area (Å²) in [6.07, 6.45) is 0. The van der Waals surface area contributed by atoms with Crippen LogP contribution in [0, 0.1) is 0 Å². The summed E-state index contributed by atoms with van der Waals surface area (Å²) in [5.41, 5.74) is 11.7. The van der Waals surface area contributed by atoms with Gasteiger partial charge in [-0.05, 0) is 12.5 Å². The standard InChI is InChI=1S/C10H12N4.4C2H6/c1-10(7-5-3-2-4-6-7)8(11)13-9(12)14-10;4*1-2/h2-6H,1H3,(H4,11,12,13,14);4*1-2H3. The highest BCUT2D eigenvalue weighted by molar-refractivity contribution is 6.05. The molecule has 4 N–H and O–H groups in total. The predicted octanol–water partition coefficient (Wildman–Crippen LogP) is 4.69. The zero-order chi connectivity index (χ0) is 18.2. The lowest BCUT2D eigenvalue weighted by Crippen LogP contribution is -2.34. The Morgan fingerprint density at radius 1 is 0.773 bits per heavy atom. The molecule has 1 aromatic rings. The lowest BCUT2D eigenvalue weighted by Gasteiger charge is -2.20. The van der Waals surface area contributed by atoms with E-state index in [9.17, 15) is 0 Å². The number of aliphatic imine (C=N–C) groups is 2. The topological polar surface area (TPSA) is 76.8 Å². The number of rotatable bonds is 1. The maximum absolute atomic E-state index is 5.79. The van der Waals surface area contributed by atoms with E-state index in [1.165, 1.54) is 0 Å². The molecule has 0 fully saturated rings. The van der Waals surface area contributed by atoms with Crippen molar-refractivity contribution in [3.63, 3.8) is 0 Å². The zero-order valence-corrected chi connectivity index (χ0v) is 15.9. The summed E-state index contributed by atoms with van der Waals surface area (Å²) < 4.78 is 0. The van der Waals surface area contributed by atoms with Crippen LogP contribution < -0.4 is 11.5 Å². The highest BCUT2D eigenvalue weighted by Crippen LogP contribution is 2.28. The molecule has 4 nitrogen and oxygen atoms in total. The fourth-order valence-corrected chi connectivity index (χ4v) is 1.52. The molecule has 0 bridgehead atoms. The Hall–Kier alpha value is -1.84. The van der Waals surface area contributed by atoms with Crippen LogP contribution in [0.5, 0.6) is 0 Å². The first-order valence-corrected chi connectivity index (χ1v) is 8.38. The molecule has 1 aliphatic rings. The molecule has 1 aromatic carbocycles. The number of nitrogens with two attached hydrogens (primary N) is 2. The molecule has 22 heavy (non-hydrogen) atoms. The lowest BCUT2D eigenvalue weighted by atomic mass is 9.92. The van der Waals surface area contributed by atoms with Crippen LogP contribution in [0.25, 0.3) is 0 Å². The second-order valence-electron chi connectivity index (χ2n) is 3.41. The van der Waals surface area contributed by atoms with Crippen LogP contribution in [-0.4, -0.2) is 11.8 Å². The van der Waals surface area contributed by atoms with E-state index in [0.717, 1.165) is 5.56 Å². The summed E-state index contributed by atoms with van der Waals surface area (Å²) in [6, 6.07) is 9.76. The molecular formula is C18H36N4. The summed E-state index contributed by atoms with van der Waals surface area (Å²) in [5, 5.41) is 0. The quantitative estimate of drug-likeness (QED) is 0.789. The van der Waals surface area contributed by atoms with Crippen molar-refractivity contribution in [1.29, 1.82) is 0 Å². The summed E-state index contributed by atoms with van der Waals surface area (Å²) >= 11 is 0. The summed E-state index contributed by atoms with van der Waals surface area (Å²) in [7, 11) is 0. The molecule has 0 amide bonds. The van der Waals surface area contributed by atoms with Gasteiger partial charge in [0.05, 0.1) is 0 Å². The van der Waals surface area contributed by atoms with E-state index < -0.39 is 5.54 Å². The van der Waals surface area contributed by atoms with Crippen molar-refractivity contribution < 1.29 is 0 Å². The molecule has 0 saturated carbocycles. The molecule has 0 radical (unpaired) electrons. The maximum Gasteiger partial charge on any atom is 0.218 e. The minimum Gasteiger partial charge on any atom is -0.385 e. The first kappa shape index (κ1) is 25.1. The van der Waals surface area contributed by atoms with Crippen molar-refractivity contribution >= 4 is 11.8 Å². The van der Waals surface area contributed by atoms with Crippen LogP contribution in [-0.2, 0) is 5.54 Å². The Morgan fingerprint density at radius 3 is 1.50 bits per heavy atom. The molecule has 1 unspecified atom stereocenters. The number of hydrogen-bond acceptors (Lipinski definition) is 4. The lowest BCUT2D eigenvalue weighted by molar-refractivity contribution is 0.687. The van der Waals surface area contributed by atoms with E-state index in [-0.39, 0.29) is 5.96 Å². The Bertz CT molecular complexity index is 410. The highest BCUT2D eigenvalue weighted by Gasteiger charge is 2.34. The van der Waals surface area contributed by atoms with Gasteiger partial charge in [-0.15, -0.1) is 0 Å². The Morgan fingerprint density at radius 2 is 1.18 bits per heavy atom. The SMILES string of the molecule is CC.CC.CC.CC.CC1(c2ccccc2)N=C(N)N=C1N. The average molecular weight is 309 g/mol. The van der Waals surface area contributed by atoms with Gasteiger partial charge in [-0.25, -0.2) is 4.99 Å². The first-order chi connectivity index (χ1) is 10.6. The fraction of sp³-hybridized carbons (Fsp3) is 0.556. The molecule has 0 aromatic heterocycles. The van der Waals surface area contributed by atoms with Crippen molar-refractivity contribution in [2.24, 2.45) is 21.5 Å². The monoisotopic (exact) mass is 308 g/mol. The Balaban J connectivity index is -0.000000394. The first-order valence-electron chi connectivity index (χ1n) is 8.38. The molecule has 1 heterocycles. The van der Waals surface area contributed by atoms with E-state index in [2.05, 4.69) is 9.98 Å².